The molecule has 1 fully saturated rings. The summed E-state index contributed by atoms with van der Waals surface area (Å²) in [5.41, 5.74) is 8.12. The molecule has 2 aliphatic carbocycles. The van der Waals surface area contributed by atoms with E-state index in [2.05, 4.69) is 5.10 Å². The molecule has 68 valence electrons. The maximum Gasteiger partial charge on any atom is 0.269 e. The van der Waals surface area contributed by atoms with Crippen LogP contribution in [-0.2, 0) is 13.5 Å². The second kappa shape index (κ2) is 1.95. The lowest BCUT2D eigenvalue weighted by molar-refractivity contribution is 0.0994. The van der Waals surface area contributed by atoms with Crippen molar-refractivity contribution in [3.05, 3.63) is 17.0 Å². The van der Waals surface area contributed by atoms with Crippen LogP contribution in [0.15, 0.2) is 0 Å². The van der Waals surface area contributed by atoms with Crippen molar-refractivity contribution in [3.8, 4) is 0 Å². The van der Waals surface area contributed by atoms with Gasteiger partial charge in [-0.1, -0.05) is 0 Å². The highest BCUT2D eigenvalue weighted by atomic mass is 16.1. The summed E-state index contributed by atoms with van der Waals surface area (Å²) in [5, 5.41) is 4.15. The van der Waals surface area contributed by atoms with Crippen LogP contribution in [0.3, 0.4) is 0 Å². The number of aryl methyl sites for hydroxylation is 1. The van der Waals surface area contributed by atoms with Crippen LogP contribution in [0.4, 0.5) is 0 Å². The molecule has 0 saturated heterocycles. The number of carbonyl (C=O) groups excluding carboxylic acids is 1. The molecule has 3 rings (SSSR count). The molecule has 2 atom stereocenters. The summed E-state index contributed by atoms with van der Waals surface area (Å²) >= 11 is 0. The first-order valence-corrected chi connectivity index (χ1v) is 4.54. The smallest absolute Gasteiger partial charge is 0.269 e. The number of amides is 1. The molecule has 4 nitrogen and oxygen atoms in total. The van der Waals surface area contributed by atoms with Gasteiger partial charge in [0.15, 0.2) is 5.69 Å². The number of fused-ring (bicyclic) bond motifs is 3. The van der Waals surface area contributed by atoms with Gasteiger partial charge in [-0.3, -0.25) is 9.48 Å². The number of hydrogen-bond acceptors (Lipinski definition) is 2. The van der Waals surface area contributed by atoms with Gasteiger partial charge < -0.3 is 5.73 Å². The van der Waals surface area contributed by atoms with Crippen molar-refractivity contribution in [2.75, 3.05) is 0 Å². The van der Waals surface area contributed by atoms with Crippen LogP contribution in [-0.4, -0.2) is 15.7 Å². The molecule has 2 unspecified atom stereocenters. The first kappa shape index (κ1) is 7.12. The second-order valence-corrected chi connectivity index (χ2v) is 4.00. The minimum atomic E-state index is -0.385. The van der Waals surface area contributed by atoms with Crippen LogP contribution in [0.1, 0.15) is 34.1 Å². The molecular weight excluding hydrogens is 166 g/mol. The lowest BCUT2D eigenvalue weighted by Crippen LogP contribution is -2.14. The Hall–Kier alpha value is -1.32. The fourth-order valence-electron chi connectivity index (χ4n) is 2.46. The number of nitrogens with two attached hydrogens (primary N) is 1. The summed E-state index contributed by atoms with van der Waals surface area (Å²) < 4.78 is 1.81. The summed E-state index contributed by atoms with van der Waals surface area (Å²) in [6, 6.07) is 0. The van der Waals surface area contributed by atoms with Crippen molar-refractivity contribution in [3.63, 3.8) is 0 Å². The monoisotopic (exact) mass is 177 g/mol. The second-order valence-electron chi connectivity index (χ2n) is 4.00. The normalized spacial score (nSPS) is 28.4. The largest absolute Gasteiger partial charge is 0.364 e. The Bertz CT molecular complexity index is 407. The third-order valence-electron chi connectivity index (χ3n) is 3.19. The van der Waals surface area contributed by atoms with E-state index in [0.29, 0.717) is 11.6 Å². The van der Waals surface area contributed by atoms with Gasteiger partial charge in [-0.05, 0) is 24.7 Å². The van der Waals surface area contributed by atoms with Crippen molar-refractivity contribution in [2.45, 2.75) is 18.8 Å². The van der Waals surface area contributed by atoms with Gasteiger partial charge in [0.25, 0.3) is 5.91 Å². The van der Waals surface area contributed by atoms with Crippen molar-refractivity contribution < 1.29 is 4.79 Å². The Balaban J connectivity index is 2.22. The van der Waals surface area contributed by atoms with E-state index in [4.69, 9.17) is 5.73 Å². The Morgan fingerprint density at radius 2 is 2.46 bits per heavy atom. The van der Waals surface area contributed by atoms with Gasteiger partial charge in [0.1, 0.15) is 0 Å². The van der Waals surface area contributed by atoms with Gasteiger partial charge in [-0.15, -0.1) is 0 Å². The van der Waals surface area contributed by atoms with E-state index in [1.54, 1.807) is 0 Å². The average Bonchev–Trinajstić information content (AvgIpc) is 2.61. The number of hydrogen-bond donors (Lipinski definition) is 1. The molecule has 1 aromatic rings. The molecule has 0 spiro atoms. The SMILES string of the molecule is Cn1nc(C(N)=O)c2c1CC1CC21. The molecule has 0 aliphatic heterocycles. The molecule has 1 aromatic heterocycles. The molecule has 13 heavy (non-hydrogen) atoms. The summed E-state index contributed by atoms with van der Waals surface area (Å²) in [4.78, 5) is 11.1. The summed E-state index contributed by atoms with van der Waals surface area (Å²) in [7, 11) is 1.88. The summed E-state index contributed by atoms with van der Waals surface area (Å²) in [6.45, 7) is 0. The zero-order valence-corrected chi connectivity index (χ0v) is 7.45. The van der Waals surface area contributed by atoms with E-state index in [0.717, 1.165) is 17.9 Å². The Labute approximate surface area is 75.7 Å². The number of carbonyl (C=O) groups is 1. The zero-order chi connectivity index (χ0) is 9.16. The van der Waals surface area contributed by atoms with Crippen molar-refractivity contribution in [1.29, 1.82) is 0 Å². The maximum atomic E-state index is 11.1. The summed E-state index contributed by atoms with van der Waals surface area (Å²) in [5.74, 6) is 0.980. The Morgan fingerprint density at radius 3 is 3.15 bits per heavy atom. The molecular formula is C9H11N3O. The van der Waals surface area contributed by atoms with Gasteiger partial charge in [0.05, 0.1) is 0 Å². The number of rotatable bonds is 1. The van der Waals surface area contributed by atoms with Gasteiger partial charge >= 0.3 is 0 Å². The Kier molecular flexibility index (Phi) is 1.07. The van der Waals surface area contributed by atoms with E-state index in [1.165, 1.54) is 12.1 Å². The van der Waals surface area contributed by atoms with E-state index in [1.807, 2.05) is 11.7 Å². The average molecular weight is 177 g/mol. The van der Waals surface area contributed by atoms with Crippen molar-refractivity contribution >= 4 is 5.91 Å². The van der Waals surface area contributed by atoms with E-state index in [-0.39, 0.29) is 5.91 Å². The molecule has 0 radical (unpaired) electrons. The molecule has 1 amide bonds. The quantitative estimate of drug-likeness (QED) is 0.665. The highest BCUT2D eigenvalue weighted by molar-refractivity contribution is 5.93. The van der Waals surface area contributed by atoms with Crippen LogP contribution in [0, 0.1) is 5.92 Å². The van der Waals surface area contributed by atoms with E-state index >= 15 is 0 Å². The first-order chi connectivity index (χ1) is 6.18. The topological polar surface area (TPSA) is 60.9 Å². The molecule has 2 aliphatic rings. The van der Waals surface area contributed by atoms with Gasteiger partial charge in [-0.2, -0.15) is 5.10 Å². The minimum absolute atomic E-state index is 0.385. The maximum absolute atomic E-state index is 11.1. The van der Waals surface area contributed by atoms with Crippen LogP contribution in [0.2, 0.25) is 0 Å². The Morgan fingerprint density at radius 1 is 1.69 bits per heavy atom. The van der Waals surface area contributed by atoms with Crippen LogP contribution >= 0.6 is 0 Å². The predicted molar refractivity (Wildman–Crippen MR) is 46.3 cm³/mol. The fourth-order valence-corrected chi connectivity index (χ4v) is 2.46. The standard InChI is InChI=1S/C9H11N3O/c1-12-6-3-4-2-5(4)7(6)8(11-12)9(10)13/h4-5H,2-3H2,1H3,(H2,10,13). The lowest BCUT2D eigenvalue weighted by Gasteiger charge is -1.96. The lowest BCUT2D eigenvalue weighted by atomic mass is 10.1. The third kappa shape index (κ3) is 0.753. The van der Waals surface area contributed by atoms with Gasteiger partial charge in [0, 0.05) is 18.3 Å². The predicted octanol–water partition coefficient (Wildman–Crippen LogP) is 0.179. The van der Waals surface area contributed by atoms with Crippen molar-refractivity contribution in [2.24, 2.45) is 18.7 Å². The molecule has 0 bridgehead atoms. The first-order valence-electron chi connectivity index (χ1n) is 4.54. The third-order valence-corrected chi connectivity index (χ3v) is 3.19. The fraction of sp³-hybridized carbons (Fsp3) is 0.556. The molecule has 1 heterocycles. The molecule has 2 N–H and O–H groups in total. The minimum Gasteiger partial charge on any atom is -0.364 e. The van der Waals surface area contributed by atoms with Gasteiger partial charge in [-0.25, -0.2) is 0 Å². The molecule has 1 saturated carbocycles. The number of primary amides is 1. The van der Waals surface area contributed by atoms with Crippen LogP contribution < -0.4 is 5.73 Å². The van der Waals surface area contributed by atoms with Gasteiger partial charge in [0.2, 0.25) is 0 Å². The number of nitrogens with zero attached hydrogens (tertiary/aromatic N) is 2. The van der Waals surface area contributed by atoms with E-state index < -0.39 is 0 Å². The van der Waals surface area contributed by atoms with Crippen LogP contribution in [0.5, 0.6) is 0 Å². The van der Waals surface area contributed by atoms with Crippen LogP contribution in [0.25, 0.3) is 0 Å². The highest BCUT2D eigenvalue weighted by Crippen LogP contribution is 2.56. The highest BCUT2D eigenvalue weighted by Gasteiger charge is 2.49. The summed E-state index contributed by atoms with van der Waals surface area (Å²) in [6.07, 6.45) is 2.30. The number of aromatic nitrogens is 2. The van der Waals surface area contributed by atoms with Crippen molar-refractivity contribution in [1.82, 2.24) is 9.78 Å². The van der Waals surface area contributed by atoms with E-state index in [9.17, 15) is 4.79 Å². The zero-order valence-electron chi connectivity index (χ0n) is 7.45. The molecule has 4 heteroatoms. The molecule has 0 aromatic carbocycles.